The Balaban J connectivity index is 1.36. The third-order valence-electron chi connectivity index (χ3n) is 6.32. The molecule has 0 aliphatic carbocycles. The lowest BCUT2D eigenvalue weighted by molar-refractivity contribution is 0.266. The van der Waals surface area contributed by atoms with Crippen LogP contribution in [0.2, 0.25) is 0 Å². The molecule has 0 radical (unpaired) electrons. The Morgan fingerprint density at radius 1 is 0.903 bits per heavy atom. The van der Waals surface area contributed by atoms with E-state index in [9.17, 15) is 14.0 Å². The van der Waals surface area contributed by atoms with Crippen LogP contribution in [-0.2, 0) is 0 Å². The molecule has 162 valence electrons. The van der Waals surface area contributed by atoms with Crippen LogP contribution in [-0.4, -0.2) is 44.2 Å². The molecule has 0 bridgehead atoms. The van der Waals surface area contributed by atoms with Crippen molar-refractivity contribution in [2.24, 2.45) is 0 Å². The predicted molar refractivity (Wildman–Crippen MR) is 125 cm³/mol. The summed E-state index contributed by atoms with van der Waals surface area (Å²) in [5.41, 5.74) is 4.87. The largest absolute Gasteiger partial charge is 0.380 e. The van der Waals surface area contributed by atoms with Crippen LogP contribution in [0, 0.1) is 26.6 Å². The topological polar surface area (TPSA) is 52.6 Å². The summed E-state index contributed by atoms with van der Waals surface area (Å²) in [6.07, 6.45) is 0. The molecule has 6 heteroatoms. The van der Waals surface area contributed by atoms with Crippen molar-refractivity contribution in [3.8, 4) is 11.1 Å². The van der Waals surface area contributed by atoms with Crippen molar-refractivity contribution in [1.82, 2.24) is 4.90 Å². The molecule has 1 saturated heterocycles. The van der Waals surface area contributed by atoms with Crippen molar-refractivity contribution in [1.29, 1.82) is 0 Å². The zero-order valence-corrected chi connectivity index (χ0v) is 18.3. The molecule has 0 aromatic heterocycles. The number of nitrogens with one attached hydrogen (secondary N) is 1. The highest BCUT2D eigenvalue weighted by Crippen LogP contribution is 2.29. The Bertz CT molecular complexity index is 1170. The summed E-state index contributed by atoms with van der Waals surface area (Å²) in [7, 11) is 0. The van der Waals surface area contributed by atoms with Gasteiger partial charge in [-0.15, -0.1) is 0 Å². The lowest BCUT2D eigenvalue weighted by Crippen LogP contribution is -2.48. The lowest BCUT2D eigenvalue weighted by Gasteiger charge is -2.36. The average molecular weight is 422 g/mol. The van der Waals surface area contributed by atoms with E-state index in [1.807, 2.05) is 39.0 Å². The SMILES string of the molecule is Cc1cc(C)c(-c2c(NCCN3CCN(c4ccccc4F)CC3)c(=O)c2=O)cc1C. The Morgan fingerprint density at radius 2 is 1.58 bits per heavy atom. The molecule has 31 heavy (non-hydrogen) atoms. The van der Waals surface area contributed by atoms with Crippen LogP contribution in [0.1, 0.15) is 16.7 Å². The maximum Gasteiger partial charge on any atom is 0.250 e. The summed E-state index contributed by atoms with van der Waals surface area (Å²) in [6, 6.07) is 10.9. The standard InChI is InChI=1S/C25H28FN3O2/c1-16-14-18(3)19(15-17(16)2)22-23(25(31)24(22)30)27-8-9-28-10-12-29(13-11-28)21-7-5-4-6-20(21)26/h4-7,14-15,27H,8-13H2,1-3H3. The maximum absolute atomic E-state index is 14.0. The zero-order chi connectivity index (χ0) is 22.1. The van der Waals surface area contributed by atoms with Gasteiger partial charge in [0.1, 0.15) is 5.82 Å². The number of anilines is 2. The minimum absolute atomic E-state index is 0.188. The molecule has 1 aliphatic rings. The quantitative estimate of drug-likeness (QED) is 0.620. The molecule has 0 saturated carbocycles. The van der Waals surface area contributed by atoms with E-state index in [-0.39, 0.29) is 5.82 Å². The number of hydrogen-bond acceptors (Lipinski definition) is 5. The van der Waals surface area contributed by atoms with Gasteiger partial charge in [-0.05, 0) is 55.2 Å². The first-order valence-corrected chi connectivity index (χ1v) is 10.7. The van der Waals surface area contributed by atoms with Crippen LogP contribution in [0.25, 0.3) is 11.1 Å². The molecule has 0 spiro atoms. The van der Waals surface area contributed by atoms with Crippen molar-refractivity contribution in [2.45, 2.75) is 20.8 Å². The van der Waals surface area contributed by atoms with E-state index < -0.39 is 10.9 Å². The number of aryl methyl sites for hydroxylation is 3. The van der Waals surface area contributed by atoms with E-state index in [2.05, 4.69) is 21.2 Å². The van der Waals surface area contributed by atoms with Crippen molar-refractivity contribution in [2.75, 3.05) is 49.5 Å². The van der Waals surface area contributed by atoms with E-state index in [1.54, 1.807) is 6.07 Å². The van der Waals surface area contributed by atoms with Gasteiger partial charge in [-0.1, -0.05) is 24.3 Å². The van der Waals surface area contributed by atoms with Gasteiger partial charge in [0.15, 0.2) is 0 Å². The third-order valence-corrected chi connectivity index (χ3v) is 6.32. The number of benzene rings is 2. The molecule has 1 N–H and O–H groups in total. The number of piperazine rings is 1. The zero-order valence-electron chi connectivity index (χ0n) is 18.3. The normalized spacial score (nSPS) is 14.9. The molecule has 3 aromatic carbocycles. The fourth-order valence-corrected chi connectivity index (χ4v) is 4.31. The number of nitrogens with zero attached hydrogens (tertiary/aromatic N) is 2. The van der Waals surface area contributed by atoms with Gasteiger partial charge in [-0.3, -0.25) is 14.5 Å². The maximum atomic E-state index is 14.0. The lowest BCUT2D eigenvalue weighted by atomic mass is 9.91. The molecule has 5 nitrogen and oxygen atoms in total. The molecule has 0 amide bonds. The molecule has 0 atom stereocenters. The minimum atomic E-state index is -0.433. The third kappa shape index (κ3) is 4.12. The van der Waals surface area contributed by atoms with Crippen molar-refractivity contribution in [3.63, 3.8) is 0 Å². The average Bonchev–Trinajstić information content (AvgIpc) is 2.77. The van der Waals surface area contributed by atoms with Crippen LogP contribution in [0.3, 0.4) is 0 Å². The molecular formula is C25H28FN3O2. The van der Waals surface area contributed by atoms with Crippen LogP contribution in [0.5, 0.6) is 0 Å². The predicted octanol–water partition coefficient (Wildman–Crippen LogP) is 3.25. The smallest absolute Gasteiger partial charge is 0.250 e. The van der Waals surface area contributed by atoms with Crippen molar-refractivity contribution < 1.29 is 4.39 Å². The molecule has 1 aliphatic heterocycles. The number of para-hydroxylation sites is 1. The Labute approximate surface area is 181 Å². The molecule has 4 rings (SSSR count). The minimum Gasteiger partial charge on any atom is -0.380 e. The van der Waals surface area contributed by atoms with Crippen molar-refractivity contribution in [3.05, 3.63) is 79.4 Å². The van der Waals surface area contributed by atoms with Crippen LogP contribution < -0.4 is 21.1 Å². The summed E-state index contributed by atoms with van der Waals surface area (Å²) in [4.78, 5) is 28.8. The first kappa shape index (κ1) is 21.2. The van der Waals surface area contributed by atoms with Crippen LogP contribution in [0.4, 0.5) is 15.8 Å². The molecule has 1 fully saturated rings. The summed E-state index contributed by atoms with van der Waals surface area (Å²) >= 11 is 0. The van der Waals surface area contributed by atoms with E-state index in [0.29, 0.717) is 23.5 Å². The van der Waals surface area contributed by atoms with E-state index in [0.717, 1.165) is 49.4 Å². The second kappa shape index (κ2) is 8.63. The van der Waals surface area contributed by atoms with E-state index in [1.165, 1.54) is 11.6 Å². The number of hydrogen-bond donors (Lipinski definition) is 1. The summed E-state index contributed by atoms with van der Waals surface area (Å²) < 4.78 is 14.0. The highest BCUT2D eigenvalue weighted by atomic mass is 19.1. The molecular weight excluding hydrogens is 393 g/mol. The van der Waals surface area contributed by atoms with Gasteiger partial charge in [-0.25, -0.2) is 4.39 Å². The first-order chi connectivity index (χ1) is 14.9. The Hall–Kier alpha value is -2.99. The monoisotopic (exact) mass is 421 g/mol. The first-order valence-electron chi connectivity index (χ1n) is 10.7. The fraction of sp³-hybridized carbons (Fsp3) is 0.360. The van der Waals surface area contributed by atoms with Gasteiger partial charge in [0.2, 0.25) is 10.9 Å². The summed E-state index contributed by atoms with van der Waals surface area (Å²) in [5.74, 6) is -0.188. The number of rotatable bonds is 6. The Morgan fingerprint density at radius 3 is 2.29 bits per heavy atom. The van der Waals surface area contributed by atoms with Crippen LogP contribution in [0.15, 0.2) is 46.0 Å². The second-order valence-electron chi connectivity index (χ2n) is 8.37. The molecule has 1 heterocycles. The van der Waals surface area contributed by atoms with Crippen LogP contribution >= 0.6 is 0 Å². The highest BCUT2D eigenvalue weighted by Gasteiger charge is 2.24. The second-order valence-corrected chi connectivity index (χ2v) is 8.37. The van der Waals surface area contributed by atoms with Gasteiger partial charge >= 0.3 is 0 Å². The summed E-state index contributed by atoms with van der Waals surface area (Å²) in [6.45, 7) is 10.5. The molecule has 0 unspecified atom stereocenters. The fourth-order valence-electron chi connectivity index (χ4n) is 4.31. The van der Waals surface area contributed by atoms with Gasteiger partial charge < -0.3 is 10.2 Å². The van der Waals surface area contributed by atoms with Gasteiger partial charge in [-0.2, -0.15) is 0 Å². The van der Waals surface area contributed by atoms with E-state index in [4.69, 9.17) is 0 Å². The number of halogens is 1. The summed E-state index contributed by atoms with van der Waals surface area (Å²) in [5, 5.41) is 3.20. The van der Waals surface area contributed by atoms with Gasteiger partial charge in [0.25, 0.3) is 0 Å². The van der Waals surface area contributed by atoms with Crippen molar-refractivity contribution >= 4 is 11.4 Å². The Kier molecular flexibility index (Phi) is 5.92. The van der Waals surface area contributed by atoms with E-state index >= 15 is 0 Å². The van der Waals surface area contributed by atoms with Gasteiger partial charge in [0, 0.05) is 39.3 Å². The highest BCUT2D eigenvalue weighted by molar-refractivity contribution is 5.84. The molecule has 3 aromatic rings. The van der Waals surface area contributed by atoms with Gasteiger partial charge in [0.05, 0.1) is 16.9 Å².